The fraction of sp³-hybridized carbons (Fsp3) is 0.571. The van der Waals surface area contributed by atoms with Crippen LogP contribution in [-0.2, 0) is 47.0 Å². The van der Waals surface area contributed by atoms with E-state index >= 15 is 4.79 Å². The number of ether oxygens (including phenoxy) is 4. The van der Waals surface area contributed by atoms with Crippen molar-refractivity contribution in [2.45, 2.75) is 128 Å². The Morgan fingerprint density at radius 1 is 1.03 bits per heavy atom. The fourth-order valence-electron chi connectivity index (χ4n) is 10.0. The number of nitrogens with zero attached hydrogens (tertiary/aromatic N) is 2. The third kappa shape index (κ3) is 10.1. The molecular formula is C49H61N3O10S. The number of fused-ring (bicyclic) bond motifs is 3. The maximum atomic E-state index is 15.2. The highest BCUT2D eigenvalue weighted by Crippen LogP contribution is 2.57. The fourth-order valence-corrected chi connectivity index (χ4v) is 11.4. The van der Waals surface area contributed by atoms with Gasteiger partial charge in [0.25, 0.3) is 0 Å². The van der Waals surface area contributed by atoms with Crippen LogP contribution in [0.25, 0.3) is 10.9 Å². The first-order chi connectivity index (χ1) is 30.2. The van der Waals surface area contributed by atoms with Crippen molar-refractivity contribution in [1.29, 1.82) is 0 Å². The topological polar surface area (TPSA) is 168 Å². The zero-order valence-corrected chi connectivity index (χ0v) is 37.6. The summed E-state index contributed by atoms with van der Waals surface area (Å²) >= 11 is 0. The Labute approximate surface area is 370 Å². The van der Waals surface area contributed by atoms with E-state index in [1.54, 1.807) is 24.2 Å². The zero-order valence-electron chi connectivity index (χ0n) is 36.8. The Morgan fingerprint density at radius 3 is 2.49 bits per heavy atom. The van der Waals surface area contributed by atoms with Crippen LogP contribution >= 0.6 is 0 Å². The van der Waals surface area contributed by atoms with E-state index in [2.05, 4.69) is 25.1 Å². The molecule has 63 heavy (non-hydrogen) atoms. The van der Waals surface area contributed by atoms with Crippen molar-refractivity contribution >= 4 is 44.5 Å². The lowest BCUT2D eigenvalue weighted by molar-refractivity contribution is -0.154. The van der Waals surface area contributed by atoms with Crippen molar-refractivity contribution in [3.63, 3.8) is 0 Å². The molecule has 3 saturated carbocycles. The molecule has 3 aromatic rings. The molecule has 3 aliphatic carbocycles. The first-order valence-electron chi connectivity index (χ1n) is 22.7. The Morgan fingerprint density at radius 2 is 1.79 bits per heavy atom. The molecule has 2 aromatic carbocycles. The lowest BCUT2D eigenvalue weighted by atomic mass is 9.77. The molecule has 338 valence electrons. The van der Waals surface area contributed by atoms with Crippen LogP contribution in [-0.4, -0.2) is 79.5 Å². The molecule has 1 aromatic heterocycles. The van der Waals surface area contributed by atoms with E-state index in [9.17, 15) is 22.8 Å². The summed E-state index contributed by atoms with van der Waals surface area (Å²) in [6.07, 6.45) is 8.59. The van der Waals surface area contributed by atoms with Crippen LogP contribution in [0.2, 0.25) is 0 Å². The van der Waals surface area contributed by atoms with Crippen LogP contribution in [0.15, 0.2) is 61.2 Å². The van der Waals surface area contributed by atoms with Crippen molar-refractivity contribution < 1.29 is 46.5 Å². The van der Waals surface area contributed by atoms with Crippen LogP contribution in [0.4, 0.5) is 0 Å². The van der Waals surface area contributed by atoms with E-state index in [1.165, 1.54) is 0 Å². The SMILES string of the molecule is C=C[C@@H]1CC1(CC(=O)[C@@H]1C[C@@H]2CN1C(=O)[C@H](C1CCCCC1)CC(=O)OCC(C)(C)CCCc1cc3c(cc(OCc4ccccc4)nc3cc1OC)O2)C(=O)NS(=O)(=O)C1CC1. The van der Waals surface area contributed by atoms with Gasteiger partial charge in [0.2, 0.25) is 27.7 Å². The number of aryl methyl sites for hydroxylation is 1. The number of Topliss-reactive ketones (excluding diaryl/α,β-unsaturated/α-hetero) is 1. The lowest BCUT2D eigenvalue weighted by Gasteiger charge is -2.34. The summed E-state index contributed by atoms with van der Waals surface area (Å²) in [7, 11) is -2.25. The third-order valence-electron chi connectivity index (χ3n) is 14.0. The number of aromatic nitrogens is 1. The van der Waals surface area contributed by atoms with E-state index in [4.69, 9.17) is 23.9 Å². The second kappa shape index (κ2) is 18.3. The number of amides is 2. The summed E-state index contributed by atoms with van der Waals surface area (Å²) in [5.74, 6) is -1.57. The molecule has 0 radical (unpaired) electrons. The van der Waals surface area contributed by atoms with Gasteiger partial charge >= 0.3 is 5.97 Å². The summed E-state index contributed by atoms with van der Waals surface area (Å²) in [5.41, 5.74) is 0.847. The van der Waals surface area contributed by atoms with Gasteiger partial charge in [-0.1, -0.05) is 69.5 Å². The molecule has 5 aliphatic rings. The van der Waals surface area contributed by atoms with Gasteiger partial charge in [0, 0.05) is 30.4 Å². The third-order valence-corrected chi connectivity index (χ3v) is 15.8. The van der Waals surface area contributed by atoms with E-state index in [0.717, 1.165) is 61.5 Å². The van der Waals surface area contributed by atoms with Crippen molar-refractivity contribution in [3.05, 3.63) is 72.3 Å². The van der Waals surface area contributed by atoms with Crippen LogP contribution in [0, 0.1) is 28.6 Å². The number of rotatable bonds is 12. The van der Waals surface area contributed by atoms with Gasteiger partial charge in [0.05, 0.1) is 54.8 Å². The minimum Gasteiger partial charge on any atom is -0.496 e. The molecule has 1 unspecified atom stereocenters. The summed E-state index contributed by atoms with van der Waals surface area (Å²) in [4.78, 5) is 64.0. The van der Waals surface area contributed by atoms with Crippen molar-refractivity contribution in [2.75, 3.05) is 20.3 Å². The lowest BCUT2D eigenvalue weighted by Crippen LogP contribution is -2.48. The Bertz CT molecular complexity index is 2340. The monoisotopic (exact) mass is 883 g/mol. The van der Waals surface area contributed by atoms with Gasteiger partial charge in [0.1, 0.15) is 24.2 Å². The van der Waals surface area contributed by atoms with Gasteiger partial charge in [-0.25, -0.2) is 13.4 Å². The Balaban J connectivity index is 1.17. The Hall–Kier alpha value is -4.98. The number of sulfonamides is 1. The summed E-state index contributed by atoms with van der Waals surface area (Å²) in [5, 5.41) is 0.105. The number of hydrogen-bond donors (Lipinski definition) is 1. The summed E-state index contributed by atoms with van der Waals surface area (Å²) in [6.45, 7) is 8.52. The van der Waals surface area contributed by atoms with Crippen LogP contribution in [0.3, 0.4) is 0 Å². The number of pyridine rings is 1. The number of cyclic esters (lactones) is 1. The van der Waals surface area contributed by atoms with Crippen LogP contribution in [0.5, 0.6) is 17.4 Å². The molecule has 1 N–H and O–H groups in total. The number of allylic oxidation sites excluding steroid dienone is 1. The summed E-state index contributed by atoms with van der Waals surface area (Å²) < 4.78 is 53.1. The molecule has 0 spiro atoms. The highest BCUT2D eigenvalue weighted by Gasteiger charge is 2.61. The number of carbonyl (C=O) groups is 4. The molecular weight excluding hydrogens is 823 g/mol. The van der Waals surface area contributed by atoms with Crippen molar-refractivity contribution in [2.24, 2.45) is 28.6 Å². The van der Waals surface area contributed by atoms with E-state index in [0.29, 0.717) is 42.2 Å². The standard InChI is InChI=1S/C49H61N3O10S/c1-5-34-26-49(34,47(56)51-63(57,58)36-18-19-36)27-41(53)40-22-35-28-52(40)46(55)37(32-15-10-7-11-16-32)23-45(54)61-30-48(2,3)20-12-17-33-21-38-39(24-42(33)59-4)50-44(25-43(38)62-35)60-29-31-13-8-6-9-14-31/h5-6,8-9,13-14,21,24-25,32,34-37,40H,1,7,10-12,15-20,22-23,26-30H2,2-4H3,(H,51,56)/t34-,35-,37+,40+,49?/m1/s1. The van der Waals surface area contributed by atoms with E-state index in [-0.39, 0.29) is 68.5 Å². The molecule has 1 saturated heterocycles. The van der Waals surface area contributed by atoms with Gasteiger partial charge in [-0.05, 0) is 85.8 Å². The van der Waals surface area contributed by atoms with E-state index in [1.807, 2.05) is 42.5 Å². The van der Waals surface area contributed by atoms with Crippen LogP contribution < -0.4 is 18.9 Å². The minimum absolute atomic E-state index is 0.0493. The molecule has 14 heteroatoms. The molecule has 5 atom stereocenters. The molecule has 4 fully saturated rings. The second-order valence-corrected chi connectivity index (χ2v) is 21.3. The largest absolute Gasteiger partial charge is 0.496 e. The first-order valence-corrected chi connectivity index (χ1v) is 24.3. The smallest absolute Gasteiger partial charge is 0.306 e. The normalized spacial score (nSPS) is 26.8. The van der Waals surface area contributed by atoms with Crippen molar-refractivity contribution in [3.8, 4) is 17.4 Å². The predicted molar refractivity (Wildman–Crippen MR) is 236 cm³/mol. The predicted octanol–water partition coefficient (Wildman–Crippen LogP) is 7.42. The maximum absolute atomic E-state index is 15.2. The number of benzene rings is 2. The van der Waals surface area contributed by atoms with Gasteiger partial charge in [-0.3, -0.25) is 23.9 Å². The maximum Gasteiger partial charge on any atom is 0.306 e. The zero-order chi connectivity index (χ0) is 44.5. The molecule has 8 rings (SSSR count). The number of nitrogens with one attached hydrogen (secondary N) is 1. The number of hydrogen-bond acceptors (Lipinski definition) is 11. The molecule has 2 amide bonds. The molecule has 3 heterocycles. The Kier molecular flexibility index (Phi) is 12.9. The number of ketones is 1. The van der Waals surface area contributed by atoms with Gasteiger partial charge in [-0.15, -0.1) is 6.58 Å². The highest BCUT2D eigenvalue weighted by molar-refractivity contribution is 7.90. The average Bonchev–Trinajstić information content (AvgIpc) is 4.21. The number of methoxy groups -OCH3 is 1. The highest BCUT2D eigenvalue weighted by atomic mass is 32.2. The first kappa shape index (κ1) is 44.6. The molecule has 13 nitrogen and oxygen atoms in total. The van der Waals surface area contributed by atoms with Gasteiger partial charge in [-0.2, -0.15) is 0 Å². The van der Waals surface area contributed by atoms with Crippen molar-refractivity contribution in [1.82, 2.24) is 14.6 Å². The minimum atomic E-state index is -3.88. The number of carbonyl (C=O) groups excluding carboxylic acids is 4. The average molecular weight is 884 g/mol. The van der Waals surface area contributed by atoms with E-state index < -0.39 is 56.5 Å². The quantitative estimate of drug-likeness (QED) is 0.142. The van der Waals surface area contributed by atoms with Gasteiger partial charge in [0.15, 0.2) is 5.78 Å². The van der Waals surface area contributed by atoms with Gasteiger partial charge < -0.3 is 23.8 Å². The summed E-state index contributed by atoms with van der Waals surface area (Å²) in [6, 6.07) is 14.4. The second-order valence-electron chi connectivity index (χ2n) is 19.3. The number of esters is 1. The molecule has 2 aliphatic heterocycles. The van der Waals surface area contributed by atoms with Crippen LogP contribution in [0.1, 0.15) is 108 Å². The molecule has 4 bridgehead atoms.